The molecule has 0 rings (SSSR count). The molecule has 1 heteroatoms. The fourth-order valence-corrected chi connectivity index (χ4v) is 0.691. The summed E-state index contributed by atoms with van der Waals surface area (Å²) in [5.74, 6) is 0.0930. The second-order valence-electron chi connectivity index (χ2n) is 4.16. The van der Waals surface area contributed by atoms with Crippen LogP contribution in [0.25, 0.3) is 0 Å². The van der Waals surface area contributed by atoms with Gasteiger partial charge in [-0.2, -0.15) is 0 Å². The van der Waals surface area contributed by atoms with Crippen LogP contribution < -0.4 is 0 Å². The van der Waals surface area contributed by atoms with Crippen molar-refractivity contribution in [3.8, 4) is 0 Å². The summed E-state index contributed by atoms with van der Waals surface area (Å²) in [6.45, 7) is 8.11. The van der Waals surface area contributed by atoms with Crippen molar-refractivity contribution in [2.24, 2.45) is 5.41 Å². The van der Waals surface area contributed by atoms with Crippen molar-refractivity contribution in [1.82, 2.24) is 0 Å². The summed E-state index contributed by atoms with van der Waals surface area (Å²) < 4.78 is 0. The summed E-state index contributed by atoms with van der Waals surface area (Å²) >= 11 is 0. The Morgan fingerprint density at radius 1 is 1.25 bits per heavy atom. The maximum Gasteiger partial charge on any atom is 0.152 e. The zero-order chi connectivity index (χ0) is 9.61. The summed E-state index contributed by atoms with van der Waals surface area (Å²) in [5.41, 5.74) is 0.334. The van der Waals surface area contributed by atoms with Crippen molar-refractivity contribution < 1.29 is 4.79 Å². The van der Waals surface area contributed by atoms with E-state index >= 15 is 0 Å². The molecule has 0 radical (unpaired) electrons. The number of carbonyl (C=O) groups excluding carboxylic acids is 1. The van der Waals surface area contributed by atoms with Crippen LogP contribution in [-0.4, -0.2) is 5.78 Å². The van der Waals surface area contributed by atoms with E-state index in [9.17, 15) is 4.79 Å². The van der Waals surface area contributed by atoms with Crippen molar-refractivity contribution in [2.75, 3.05) is 0 Å². The average Bonchev–Trinajstić information content (AvgIpc) is 1.83. The molecule has 0 aromatic rings. The van der Waals surface area contributed by atoms with Crippen LogP contribution in [0, 0.1) is 5.41 Å². The maximum atomic E-state index is 10.5. The van der Waals surface area contributed by atoms with E-state index in [0.29, 0.717) is 5.41 Å². The summed E-state index contributed by atoms with van der Waals surface area (Å²) in [6, 6.07) is 0. The second kappa shape index (κ2) is 4.91. The van der Waals surface area contributed by atoms with Crippen molar-refractivity contribution in [3.05, 3.63) is 24.3 Å². The largest absolute Gasteiger partial charge is 0.295 e. The molecule has 0 aliphatic rings. The monoisotopic (exact) mass is 166 g/mol. The Balaban J connectivity index is 3.72. The average molecular weight is 166 g/mol. The summed E-state index contributed by atoms with van der Waals surface area (Å²) in [4.78, 5) is 10.5. The molecule has 0 aromatic carbocycles. The van der Waals surface area contributed by atoms with Crippen molar-refractivity contribution >= 4 is 5.78 Å². The Labute approximate surface area is 75.2 Å². The molecule has 0 saturated carbocycles. The third-order valence-corrected chi connectivity index (χ3v) is 1.31. The van der Waals surface area contributed by atoms with Crippen LogP contribution in [-0.2, 0) is 4.79 Å². The van der Waals surface area contributed by atoms with Gasteiger partial charge >= 0.3 is 0 Å². The van der Waals surface area contributed by atoms with Crippen LogP contribution in [0.4, 0.5) is 0 Å². The Morgan fingerprint density at radius 2 is 1.83 bits per heavy atom. The molecular weight excluding hydrogens is 148 g/mol. The fraction of sp³-hybridized carbons (Fsp3) is 0.545. The van der Waals surface area contributed by atoms with Crippen LogP contribution >= 0.6 is 0 Å². The molecule has 1 nitrogen and oxygen atoms in total. The topological polar surface area (TPSA) is 17.1 Å². The number of hydrogen-bond acceptors (Lipinski definition) is 1. The highest BCUT2D eigenvalue weighted by molar-refractivity contribution is 5.87. The third kappa shape index (κ3) is 9.15. The first-order valence-corrected chi connectivity index (χ1v) is 4.25. The van der Waals surface area contributed by atoms with Gasteiger partial charge in [0.15, 0.2) is 5.78 Å². The molecule has 0 heterocycles. The van der Waals surface area contributed by atoms with Gasteiger partial charge in [0.05, 0.1) is 0 Å². The van der Waals surface area contributed by atoms with Crippen molar-refractivity contribution in [3.63, 3.8) is 0 Å². The highest BCUT2D eigenvalue weighted by Crippen LogP contribution is 2.18. The number of rotatable bonds is 3. The predicted molar refractivity (Wildman–Crippen MR) is 53.0 cm³/mol. The number of allylic oxidation sites excluding steroid dienone is 4. The molecule has 0 aromatic heterocycles. The minimum absolute atomic E-state index is 0.0930. The predicted octanol–water partition coefficient (Wildman–Crippen LogP) is 3.12. The quantitative estimate of drug-likeness (QED) is 0.465. The SMILES string of the molecule is CC(=O)/C=C/C=C/CC(C)(C)C. The Morgan fingerprint density at radius 3 is 2.25 bits per heavy atom. The molecule has 0 fully saturated rings. The van der Waals surface area contributed by atoms with Gasteiger partial charge in [0.25, 0.3) is 0 Å². The molecule has 0 aliphatic heterocycles. The molecule has 0 saturated heterocycles. The van der Waals surface area contributed by atoms with E-state index in [1.165, 1.54) is 0 Å². The Kier molecular flexibility index (Phi) is 4.57. The number of hydrogen-bond donors (Lipinski definition) is 0. The standard InChI is InChI=1S/C11H18O/c1-10(12)8-6-5-7-9-11(2,3)4/h5-8H,9H2,1-4H3/b7-5+,8-6+. The van der Waals surface area contributed by atoms with E-state index in [4.69, 9.17) is 0 Å². The van der Waals surface area contributed by atoms with Gasteiger partial charge < -0.3 is 0 Å². The third-order valence-electron chi connectivity index (χ3n) is 1.31. The molecule has 0 aliphatic carbocycles. The van der Waals surface area contributed by atoms with E-state index in [-0.39, 0.29) is 5.78 Å². The summed E-state index contributed by atoms with van der Waals surface area (Å²) in [7, 11) is 0. The van der Waals surface area contributed by atoms with Gasteiger partial charge in [0.2, 0.25) is 0 Å². The van der Waals surface area contributed by atoms with E-state index in [0.717, 1.165) is 6.42 Å². The molecule has 12 heavy (non-hydrogen) atoms. The highest BCUT2D eigenvalue weighted by atomic mass is 16.1. The van der Waals surface area contributed by atoms with E-state index in [1.54, 1.807) is 19.1 Å². The minimum Gasteiger partial charge on any atom is -0.295 e. The van der Waals surface area contributed by atoms with Gasteiger partial charge in [-0.25, -0.2) is 0 Å². The zero-order valence-electron chi connectivity index (χ0n) is 8.42. The molecule has 0 N–H and O–H groups in total. The van der Waals surface area contributed by atoms with E-state index < -0.39 is 0 Å². The molecular formula is C11H18O. The molecule has 0 unspecified atom stereocenters. The normalized spacial score (nSPS) is 13.0. The van der Waals surface area contributed by atoms with Crippen molar-refractivity contribution in [2.45, 2.75) is 34.1 Å². The van der Waals surface area contributed by atoms with Crippen molar-refractivity contribution in [1.29, 1.82) is 0 Å². The second-order valence-corrected chi connectivity index (χ2v) is 4.16. The lowest BCUT2D eigenvalue weighted by Gasteiger charge is -2.13. The van der Waals surface area contributed by atoms with Crippen LogP contribution in [0.1, 0.15) is 34.1 Å². The molecule has 0 atom stereocenters. The fourth-order valence-electron chi connectivity index (χ4n) is 0.691. The molecule has 0 amide bonds. The molecule has 0 bridgehead atoms. The number of ketones is 1. The van der Waals surface area contributed by atoms with Gasteiger partial charge in [0, 0.05) is 0 Å². The minimum atomic E-state index is 0.0930. The summed E-state index contributed by atoms with van der Waals surface area (Å²) in [5, 5.41) is 0. The van der Waals surface area contributed by atoms with Gasteiger partial charge in [-0.3, -0.25) is 4.79 Å². The first kappa shape index (κ1) is 11.2. The van der Waals surface area contributed by atoms with Crippen LogP contribution in [0.3, 0.4) is 0 Å². The Hall–Kier alpha value is -0.850. The first-order chi connectivity index (χ1) is 5.42. The van der Waals surface area contributed by atoms with Crippen LogP contribution in [0.5, 0.6) is 0 Å². The summed E-state index contributed by atoms with van der Waals surface area (Å²) in [6.07, 6.45) is 8.40. The van der Waals surface area contributed by atoms with Gasteiger partial charge in [-0.05, 0) is 24.8 Å². The zero-order valence-corrected chi connectivity index (χ0v) is 8.42. The molecule has 68 valence electrons. The van der Waals surface area contributed by atoms with E-state index in [2.05, 4.69) is 26.8 Å². The van der Waals surface area contributed by atoms with E-state index in [1.807, 2.05) is 6.08 Å². The van der Waals surface area contributed by atoms with Gasteiger partial charge in [-0.1, -0.05) is 39.0 Å². The van der Waals surface area contributed by atoms with Crippen LogP contribution in [0.2, 0.25) is 0 Å². The van der Waals surface area contributed by atoms with Gasteiger partial charge in [0.1, 0.15) is 0 Å². The highest BCUT2D eigenvalue weighted by Gasteiger charge is 2.05. The van der Waals surface area contributed by atoms with Gasteiger partial charge in [-0.15, -0.1) is 0 Å². The lowest BCUT2D eigenvalue weighted by molar-refractivity contribution is -0.112. The smallest absolute Gasteiger partial charge is 0.152 e. The number of carbonyl (C=O) groups is 1. The lowest BCUT2D eigenvalue weighted by Crippen LogP contribution is -2.01. The Bertz CT molecular complexity index is 192. The first-order valence-electron chi connectivity index (χ1n) is 4.25. The van der Waals surface area contributed by atoms with Crippen LogP contribution in [0.15, 0.2) is 24.3 Å². The lowest BCUT2D eigenvalue weighted by atomic mass is 9.92. The molecule has 0 spiro atoms. The maximum absolute atomic E-state index is 10.5.